The van der Waals surface area contributed by atoms with Crippen LogP contribution in [0.1, 0.15) is 18.9 Å². The van der Waals surface area contributed by atoms with E-state index in [4.69, 9.17) is 17.3 Å². The average Bonchev–Trinajstić information content (AvgIpc) is 2.79. The molecule has 20 heavy (non-hydrogen) atoms. The van der Waals surface area contributed by atoms with Crippen LogP contribution in [-0.2, 0) is 11.2 Å². The maximum atomic E-state index is 11.8. The predicted octanol–water partition coefficient (Wildman–Crippen LogP) is 2.59. The molecule has 0 saturated heterocycles. The molecule has 2 rings (SSSR count). The lowest BCUT2D eigenvalue weighted by atomic mass is 10.0. The normalized spacial score (nSPS) is 14.2. The van der Waals surface area contributed by atoms with Crippen LogP contribution in [0.4, 0.5) is 0 Å². The SMILES string of the molecule is CC(N)C(C)C(=O)NCCc1nc2cc(Cl)ccc2s1. The molecule has 0 aliphatic carbocycles. The molecule has 0 spiro atoms. The number of nitrogens with zero attached hydrogens (tertiary/aromatic N) is 1. The summed E-state index contributed by atoms with van der Waals surface area (Å²) in [5.41, 5.74) is 6.61. The Hall–Kier alpha value is -1.17. The molecular weight excluding hydrogens is 294 g/mol. The fraction of sp³-hybridized carbons (Fsp3) is 0.429. The smallest absolute Gasteiger partial charge is 0.224 e. The van der Waals surface area contributed by atoms with Gasteiger partial charge in [0.25, 0.3) is 0 Å². The number of rotatable bonds is 5. The molecule has 0 aliphatic heterocycles. The summed E-state index contributed by atoms with van der Waals surface area (Å²) in [4.78, 5) is 16.3. The molecule has 2 atom stereocenters. The lowest BCUT2D eigenvalue weighted by Crippen LogP contribution is -2.39. The van der Waals surface area contributed by atoms with Crippen LogP contribution in [0, 0.1) is 5.92 Å². The van der Waals surface area contributed by atoms with E-state index in [0.29, 0.717) is 18.0 Å². The van der Waals surface area contributed by atoms with Crippen LogP contribution < -0.4 is 11.1 Å². The Kier molecular flexibility index (Phi) is 4.96. The molecule has 0 radical (unpaired) electrons. The van der Waals surface area contributed by atoms with Crippen LogP contribution in [0.5, 0.6) is 0 Å². The van der Waals surface area contributed by atoms with Crippen molar-refractivity contribution in [3.8, 4) is 0 Å². The van der Waals surface area contributed by atoms with Crippen molar-refractivity contribution in [2.75, 3.05) is 6.54 Å². The highest BCUT2D eigenvalue weighted by molar-refractivity contribution is 7.18. The van der Waals surface area contributed by atoms with Gasteiger partial charge in [0.15, 0.2) is 0 Å². The number of hydrogen-bond donors (Lipinski definition) is 2. The van der Waals surface area contributed by atoms with Crippen LogP contribution in [0.3, 0.4) is 0 Å². The number of carbonyl (C=O) groups excluding carboxylic acids is 1. The number of nitrogens with two attached hydrogens (primary N) is 1. The van der Waals surface area contributed by atoms with Crippen molar-refractivity contribution in [2.45, 2.75) is 26.3 Å². The first kappa shape index (κ1) is 15.2. The van der Waals surface area contributed by atoms with E-state index in [1.54, 1.807) is 11.3 Å². The van der Waals surface area contributed by atoms with E-state index >= 15 is 0 Å². The lowest BCUT2D eigenvalue weighted by molar-refractivity contribution is -0.124. The topological polar surface area (TPSA) is 68.0 Å². The number of halogens is 1. The Bertz CT molecular complexity index is 611. The van der Waals surface area contributed by atoms with Crippen LogP contribution in [0.2, 0.25) is 5.02 Å². The number of carbonyl (C=O) groups is 1. The van der Waals surface area contributed by atoms with Gasteiger partial charge in [-0.2, -0.15) is 0 Å². The minimum atomic E-state index is -0.177. The summed E-state index contributed by atoms with van der Waals surface area (Å²) in [6, 6.07) is 5.54. The van der Waals surface area contributed by atoms with Crippen molar-refractivity contribution in [3.05, 3.63) is 28.2 Å². The third kappa shape index (κ3) is 3.69. The zero-order chi connectivity index (χ0) is 14.7. The lowest BCUT2D eigenvalue weighted by Gasteiger charge is -2.14. The number of nitrogens with one attached hydrogen (secondary N) is 1. The molecule has 2 unspecified atom stereocenters. The minimum absolute atomic E-state index is 0.0100. The third-order valence-corrected chi connectivity index (χ3v) is 4.57. The molecular formula is C14H18ClN3OS. The molecule has 0 saturated carbocycles. The summed E-state index contributed by atoms with van der Waals surface area (Å²) in [5.74, 6) is -0.187. The molecule has 1 aromatic heterocycles. The van der Waals surface area contributed by atoms with Crippen molar-refractivity contribution in [1.82, 2.24) is 10.3 Å². The van der Waals surface area contributed by atoms with E-state index in [0.717, 1.165) is 15.2 Å². The zero-order valence-electron chi connectivity index (χ0n) is 11.5. The van der Waals surface area contributed by atoms with Crippen LogP contribution >= 0.6 is 22.9 Å². The summed E-state index contributed by atoms with van der Waals surface area (Å²) in [5, 5.41) is 4.57. The van der Waals surface area contributed by atoms with Crippen molar-refractivity contribution in [1.29, 1.82) is 0 Å². The van der Waals surface area contributed by atoms with E-state index in [1.807, 2.05) is 32.0 Å². The first-order valence-corrected chi connectivity index (χ1v) is 7.75. The van der Waals surface area contributed by atoms with Gasteiger partial charge in [0.1, 0.15) is 0 Å². The number of benzene rings is 1. The number of hydrogen-bond acceptors (Lipinski definition) is 4. The van der Waals surface area contributed by atoms with Gasteiger partial charge in [0.05, 0.1) is 15.2 Å². The highest BCUT2D eigenvalue weighted by Gasteiger charge is 2.16. The molecule has 0 fully saturated rings. The number of amides is 1. The van der Waals surface area contributed by atoms with Crippen LogP contribution in [-0.4, -0.2) is 23.5 Å². The van der Waals surface area contributed by atoms with Gasteiger partial charge < -0.3 is 11.1 Å². The fourth-order valence-corrected chi connectivity index (χ4v) is 2.86. The second-order valence-corrected chi connectivity index (χ2v) is 6.46. The molecule has 1 heterocycles. The largest absolute Gasteiger partial charge is 0.355 e. The van der Waals surface area contributed by atoms with Crippen LogP contribution in [0.15, 0.2) is 18.2 Å². The van der Waals surface area contributed by atoms with Crippen molar-refractivity contribution in [2.24, 2.45) is 11.7 Å². The minimum Gasteiger partial charge on any atom is -0.355 e. The third-order valence-electron chi connectivity index (χ3n) is 3.23. The van der Waals surface area contributed by atoms with Gasteiger partial charge in [-0.3, -0.25) is 4.79 Å². The predicted molar refractivity (Wildman–Crippen MR) is 84.2 cm³/mol. The quantitative estimate of drug-likeness (QED) is 0.892. The Morgan fingerprint density at radius 1 is 1.50 bits per heavy atom. The number of fused-ring (bicyclic) bond motifs is 1. The van der Waals surface area contributed by atoms with Gasteiger partial charge in [-0.15, -0.1) is 11.3 Å². The summed E-state index contributed by atoms with van der Waals surface area (Å²) in [6.45, 7) is 4.24. The summed E-state index contributed by atoms with van der Waals surface area (Å²) >= 11 is 7.56. The summed E-state index contributed by atoms with van der Waals surface area (Å²) in [6.07, 6.45) is 0.717. The van der Waals surface area contributed by atoms with E-state index in [-0.39, 0.29) is 17.9 Å². The van der Waals surface area contributed by atoms with Crippen LogP contribution in [0.25, 0.3) is 10.2 Å². The van der Waals surface area contributed by atoms with E-state index < -0.39 is 0 Å². The Morgan fingerprint density at radius 3 is 2.95 bits per heavy atom. The Balaban J connectivity index is 1.91. The number of thiazole rings is 1. The van der Waals surface area contributed by atoms with Gasteiger partial charge >= 0.3 is 0 Å². The van der Waals surface area contributed by atoms with E-state index in [2.05, 4.69) is 10.3 Å². The molecule has 1 amide bonds. The highest BCUT2D eigenvalue weighted by Crippen LogP contribution is 2.25. The first-order valence-electron chi connectivity index (χ1n) is 6.55. The van der Waals surface area contributed by atoms with E-state index in [9.17, 15) is 4.79 Å². The van der Waals surface area contributed by atoms with Crippen molar-refractivity contribution >= 4 is 39.1 Å². The highest BCUT2D eigenvalue weighted by atomic mass is 35.5. The number of aromatic nitrogens is 1. The standard InChI is InChI=1S/C14H18ClN3OS/c1-8(9(2)16)14(19)17-6-5-13-18-11-7-10(15)3-4-12(11)20-13/h3-4,7-9H,5-6,16H2,1-2H3,(H,17,19). The molecule has 2 aromatic rings. The maximum Gasteiger partial charge on any atom is 0.224 e. The molecule has 6 heteroatoms. The second kappa shape index (κ2) is 6.52. The molecule has 108 valence electrons. The molecule has 3 N–H and O–H groups in total. The summed E-state index contributed by atoms with van der Waals surface area (Å²) < 4.78 is 1.11. The second-order valence-electron chi connectivity index (χ2n) is 4.91. The van der Waals surface area contributed by atoms with Gasteiger partial charge in [-0.25, -0.2) is 4.98 Å². The van der Waals surface area contributed by atoms with Crippen molar-refractivity contribution < 1.29 is 4.79 Å². The monoisotopic (exact) mass is 311 g/mol. The molecule has 0 aliphatic rings. The van der Waals surface area contributed by atoms with Crippen molar-refractivity contribution in [3.63, 3.8) is 0 Å². The molecule has 4 nitrogen and oxygen atoms in total. The zero-order valence-corrected chi connectivity index (χ0v) is 13.1. The Morgan fingerprint density at radius 2 is 2.25 bits per heavy atom. The molecule has 0 bridgehead atoms. The van der Waals surface area contributed by atoms with E-state index in [1.165, 1.54) is 0 Å². The maximum absolute atomic E-state index is 11.8. The molecule has 1 aromatic carbocycles. The Labute approximate surface area is 127 Å². The van der Waals surface area contributed by atoms with Gasteiger partial charge in [0.2, 0.25) is 5.91 Å². The first-order chi connectivity index (χ1) is 9.47. The summed E-state index contributed by atoms with van der Waals surface area (Å²) in [7, 11) is 0. The van der Waals surface area contributed by atoms with Gasteiger partial charge in [0, 0.05) is 29.9 Å². The van der Waals surface area contributed by atoms with Gasteiger partial charge in [-0.1, -0.05) is 18.5 Å². The average molecular weight is 312 g/mol. The fourth-order valence-electron chi connectivity index (χ4n) is 1.75. The van der Waals surface area contributed by atoms with Gasteiger partial charge in [-0.05, 0) is 25.1 Å².